The van der Waals surface area contributed by atoms with Crippen molar-refractivity contribution in [2.75, 3.05) is 11.5 Å². The minimum absolute atomic E-state index is 0.0254. The fourth-order valence-corrected chi connectivity index (χ4v) is 5.55. The standard InChI is InChI=1S/C21H23FN4O3S/c1-12(2)23-21(27)16-10-18(15-6-4-5-7-17(15)22)24-20-19(16)13(3)25-26(20)14-8-9-30(28,29)11-14/h4-7,10,12,14H,8-9,11H2,1-3H3,(H,23,27). The largest absolute Gasteiger partial charge is 0.350 e. The number of hydrogen-bond donors (Lipinski definition) is 1. The summed E-state index contributed by atoms with van der Waals surface area (Å²) in [5, 5.41) is 7.96. The van der Waals surface area contributed by atoms with E-state index in [1.165, 1.54) is 6.07 Å². The van der Waals surface area contributed by atoms with Crippen molar-refractivity contribution in [3.8, 4) is 11.3 Å². The molecule has 1 N–H and O–H groups in total. The van der Waals surface area contributed by atoms with E-state index in [2.05, 4.69) is 15.4 Å². The lowest BCUT2D eigenvalue weighted by Gasteiger charge is -2.13. The highest BCUT2D eigenvalue weighted by Gasteiger charge is 2.32. The summed E-state index contributed by atoms with van der Waals surface area (Å²) in [6, 6.07) is 7.33. The van der Waals surface area contributed by atoms with E-state index < -0.39 is 15.7 Å². The van der Waals surface area contributed by atoms with Gasteiger partial charge < -0.3 is 5.32 Å². The van der Waals surface area contributed by atoms with Crippen LogP contribution in [0.2, 0.25) is 0 Å². The van der Waals surface area contributed by atoms with Gasteiger partial charge >= 0.3 is 0 Å². The van der Waals surface area contributed by atoms with E-state index in [1.807, 2.05) is 13.8 Å². The van der Waals surface area contributed by atoms with Gasteiger partial charge in [-0.2, -0.15) is 5.10 Å². The maximum atomic E-state index is 14.5. The van der Waals surface area contributed by atoms with Gasteiger partial charge in [-0.05, 0) is 45.4 Å². The number of carbonyl (C=O) groups is 1. The summed E-state index contributed by atoms with van der Waals surface area (Å²) in [4.78, 5) is 17.6. The summed E-state index contributed by atoms with van der Waals surface area (Å²) in [7, 11) is -3.14. The van der Waals surface area contributed by atoms with Gasteiger partial charge in [-0.15, -0.1) is 0 Å². The Morgan fingerprint density at radius 2 is 2.03 bits per heavy atom. The zero-order valence-electron chi connectivity index (χ0n) is 17.0. The molecular weight excluding hydrogens is 407 g/mol. The Bertz CT molecular complexity index is 1250. The molecule has 2 aromatic heterocycles. The van der Waals surface area contributed by atoms with Crippen LogP contribution in [0.5, 0.6) is 0 Å². The Kier molecular flexibility index (Phi) is 5.09. The molecule has 0 aliphatic carbocycles. The first-order valence-corrected chi connectivity index (χ1v) is 11.6. The van der Waals surface area contributed by atoms with E-state index in [4.69, 9.17) is 0 Å². The van der Waals surface area contributed by atoms with Crippen molar-refractivity contribution < 1.29 is 17.6 Å². The monoisotopic (exact) mass is 430 g/mol. The van der Waals surface area contributed by atoms with Crippen LogP contribution in [0.1, 0.15) is 42.4 Å². The summed E-state index contributed by atoms with van der Waals surface area (Å²) < 4.78 is 40.1. The first-order chi connectivity index (χ1) is 14.2. The molecule has 1 aliphatic heterocycles. The molecule has 1 aromatic carbocycles. The van der Waals surface area contributed by atoms with Crippen molar-refractivity contribution in [3.63, 3.8) is 0 Å². The third kappa shape index (κ3) is 3.69. The summed E-state index contributed by atoms with van der Waals surface area (Å²) in [5.41, 5.74) is 1.88. The molecule has 1 atom stereocenters. The zero-order chi connectivity index (χ0) is 21.6. The molecular formula is C21H23FN4O3S. The van der Waals surface area contributed by atoms with Gasteiger partial charge in [0.05, 0.1) is 39.9 Å². The van der Waals surface area contributed by atoms with E-state index in [1.54, 1.807) is 35.9 Å². The number of sulfone groups is 1. The first kappa shape index (κ1) is 20.5. The smallest absolute Gasteiger partial charge is 0.252 e. The highest BCUT2D eigenvalue weighted by Crippen LogP contribution is 2.32. The minimum Gasteiger partial charge on any atom is -0.350 e. The number of aryl methyl sites for hydroxylation is 1. The van der Waals surface area contributed by atoms with Gasteiger partial charge in [0, 0.05) is 11.6 Å². The number of benzene rings is 1. The Morgan fingerprint density at radius 3 is 2.67 bits per heavy atom. The van der Waals surface area contributed by atoms with Crippen LogP contribution < -0.4 is 5.32 Å². The molecule has 0 radical (unpaired) electrons. The highest BCUT2D eigenvalue weighted by atomic mass is 32.2. The number of nitrogens with zero attached hydrogens (tertiary/aromatic N) is 3. The number of fused-ring (bicyclic) bond motifs is 1. The van der Waals surface area contributed by atoms with E-state index in [0.29, 0.717) is 34.4 Å². The van der Waals surface area contributed by atoms with Gasteiger partial charge in [0.1, 0.15) is 5.82 Å². The Hall–Kier alpha value is -2.81. The zero-order valence-corrected chi connectivity index (χ0v) is 17.8. The molecule has 0 bridgehead atoms. The van der Waals surface area contributed by atoms with Crippen LogP contribution in [-0.2, 0) is 9.84 Å². The number of rotatable bonds is 4. The second-order valence-electron chi connectivity index (χ2n) is 7.95. The summed E-state index contributed by atoms with van der Waals surface area (Å²) in [5.74, 6) is -0.698. The van der Waals surface area contributed by atoms with Crippen LogP contribution in [-0.4, -0.2) is 46.6 Å². The van der Waals surface area contributed by atoms with Crippen LogP contribution in [0.4, 0.5) is 4.39 Å². The molecule has 0 saturated carbocycles. The number of halogens is 1. The lowest BCUT2D eigenvalue weighted by Crippen LogP contribution is -2.30. The van der Waals surface area contributed by atoms with Crippen LogP contribution >= 0.6 is 0 Å². The summed E-state index contributed by atoms with van der Waals surface area (Å²) >= 11 is 0. The second kappa shape index (κ2) is 7.46. The normalized spacial score (nSPS) is 18.2. The maximum absolute atomic E-state index is 14.5. The number of amides is 1. The molecule has 3 heterocycles. The van der Waals surface area contributed by atoms with Gasteiger partial charge in [0.25, 0.3) is 5.91 Å². The SMILES string of the molecule is Cc1nn(C2CCS(=O)(=O)C2)c2nc(-c3ccccc3F)cc(C(=O)NC(C)C)c12. The average molecular weight is 431 g/mol. The first-order valence-electron chi connectivity index (χ1n) is 9.82. The van der Waals surface area contributed by atoms with Crippen molar-refractivity contribution in [1.82, 2.24) is 20.1 Å². The van der Waals surface area contributed by atoms with E-state index in [9.17, 15) is 17.6 Å². The number of nitrogens with one attached hydrogen (secondary N) is 1. The molecule has 1 unspecified atom stereocenters. The maximum Gasteiger partial charge on any atom is 0.252 e. The van der Waals surface area contributed by atoms with Crippen LogP contribution in [0.15, 0.2) is 30.3 Å². The number of aromatic nitrogens is 3. The van der Waals surface area contributed by atoms with E-state index >= 15 is 0 Å². The van der Waals surface area contributed by atoms with Gasteiger partial charge in [0.15, 0.2) is 15.5 Å². The van der Waals surface area contributed by atoms with Gasteiger partial charge in [-0.25, -0.2) is 22.5 Å². The molecule has 1 amide bonds. The summed E-state index contributed by atoms with van der Waals surface area (Å²) in [6.45, 7) is 5.47. The van der Waals surface area contributed by atoms with Gasteiger partial charge in [-0.3, -0.25) is 4.79 Å². The van der Waals surface area contributed by atoms with Crippen molar-refractivity contribution in [2.24, 2.45) is 0 Å². The molecule has 1 saturated heterocycles. The minimum atomic E-state index is -3.14. The van der Waals surface area contributed by atoms with Gasteiger partial charge in [-0.1, -0.05) is 12.1 Å². The molecule has 1 fully saturated rings. The predicted molar refractivity (Wildman–Crippen MR) is 113 cm³/mol. The molecule has 0 spiro atoms. The molecule has 1 aliphatic rings. The fourth-order valence-electron chi connectivity index (χ4n) is 3.86. The van der Waals surface area contributed by atoms with E-state index in [-0.39, 0.29) is 35.1 Å². The lowest BCUT2D eigenvalue weighted by molar-refractivity contribution is 0.0944. The number of hydrogen-bond acceptors (Lipinski definition) is 5. The third-order valence-corrected chi connectivity index (χ3v) is 6.96. The van der Waals surface area contributed by atoms with Crippen LogP contribution in [0, 0.1) is 12.7 Å². The van der Waals surface area contributed by atoms with Crippen LogP contribution in [0.25, 0.3) is 22.3 Å². The second-order valence-corrected chi connectivity index (χ2v) is 10.2. The van der Waals surface area contributed by atoms with E-state index in [0.717, 1.165) is 0 Å². The van der Waals surface area contributed by atoms with Crippen molar-refractivity contribution in [2.45, 2.75) is 39.3 Å². The Labute approximate surface area is 174 Å². The topological polar surface area (TPSA) is 93.9 Å². The van der Waals surface area contributed by atoms with Crippen molar-refractivity contribution in [1.29, 1.82) is 0 Å². The predicted octanol–water partition coefficient (Wildman–Crippen LogP) is 3.04. The average Bonchev–Trinajstić information content (AvgIpc) is 3.20. The van der Waals surface area contributed by atoms with Crippen molar-refractivity contribution in [3.05, 3.63) is 47.4 Å². The molecule has 158 valence electrons. The molecule has 30 heavy (non-hydrogen) atoms. The Balaban J connectivity index is 1.97. The highest BCUT2D eigenvalue weighted by molar-refractivity contribution is 7.91. The van der Waals surface area contributed by atoms with Crippen LogP contribution in [0.3, 0.4) is 0 Å². The number of carbonyl (C=O) groups excluding carboxylic acids is 1. The summed E-state index contributed by atoms with van der Waals surface area (Å²) in [6.07, 6.45) is 0.428. The number of pyridine rings is 1. The molecule has 9 heteroatoms. The van der Waals surface area contributed by atoms with Gasteiger partial charge in [0.2, 0.25) is 0 Å². The third-order valence-electron chi connectivity index (χ3n) is 5.21. The Morgan fingerprint density at radius 1 is 1.30 bits per heavy atom. The molecule has 3 aromatic rings. The fraction of sp³-hybridized carbons (Fsp3) is 0.381. The molecule has 4 rings (SSSR count). The quantitative estimate of drug-likeness (QED) is 0.687. The van der Waals surface area contributed by atoms with Crippen molar-refractivity contribution >= 4 is 26.8 Å². The molecule has 7 nitrogen and oxygen atoms in total. The lowest BCUT2D eigenvalue weighted by atomic mass is 10.0.